The van der Waals surface area contributed by atoms with Crippen LogP contribution in [-0.2, 0) is 9.59 Å². The predicted octanol–water partition coefficient (Wildman–Crippen LogP) is 5.12. The highest BCUT2D eigenvalue weighted by atomic mass is 35.5. The molecule has 166 valence electrons. The van der Waals surface area contributed by atoms with E-state index in [4.69, 9.17) is 11.6 Å². The Labute approximate surface area is 192 Å². The lowest BCUT2D eigenvalue weighted by molar-refractivity contribution is -0.140. The zero-order valence-corrected chi connectivity index (χ0v) is 19.0. The number of hydrogen-bond acceptors (Lipinski definition) is 4. The number of carbonyl (C=O) groups is 3. The molecule has 32 heavy (non-hydrogen) atoms. The summed E-state index contributed by atoms with van der Waals surface area (Å²) < 4.78 is 0. The Morgan fingerprint density at radius 1 is 0.969 bits per heavy atom. The van der Waals surface area contributed by atoms with Crippen molar-refractivity contribution >= 4 is 40.7 Å². The fraction of sp³-hybridized carbons (Fsp3) is 0.320. The van der Waals surface area contributed by atoms with Gasteiger partial charge in [0.2, 0.25) is 0 Å². The van der Waals surface area contributed by atoms with Crippen molar-refractivity contribution in [3.8, 4) is 0 Å². The monoisotopic (exact) mass is 451 g/mol. The van der Waals surface area contributed by atoms with Crippen LogP contribution in [0.25, 0.3) is 0 Å². The van der Waals surface area contributed by atoms with Crippen molar-refractivity contribution in [1.29, 1.82) is 0 Å². The van der Waals surface area contributed by atoms with Gasteiger partial charge in [0, 0.05) is 23.0 Å². The van der Waals surface area contributed by atoms with Crippen LogP contribution in [0.4, 0.5) is 11.4 Å². The van der Waals surface area contributed by atoms with Crippen LogP contribution < -0.4 is 10.6 Å². The first-order valence-electron chi connectivity index (χ1n) is 10.9. The standard InChI is InChI=1S/C25H26ClN3O3/c1-15-8-12-18(13-9-15)27-23(30)17-11-10-16(2)20(14-17)28-22-21(26)24(31)29(25(22)32)19-6-4-3-5-7-19/h8-14,19,28H,3-7H2,1-2H3,(H,27,30). The van der Waals surface area contributed by atoms with Gasteiger partial charge in [-0.25, -0.2) is 0 Å². The molecule has 1 saturated carbocycles. The summed E-state index contributed by atoms with van der Waals surface area (Å²) in [5, 5.41) is 5.79. The molecule has 0 radical (unpaired) electrons. The Morgan fingerprint density at radius 2 is 1.66 bits per heavy atom. The smallest absolute Gasteiger partial charge is 0.279 e. The lowest BCUT2D eigenvalue weighted by Crippen LogP contribution is -2.42. The van der Waals surface area contributed by atoms with Crippen molar-refractivity contribution in [3.05, 3.63) is 69.9 Å². The normalized spacial score (nSPS) is 17.2. The number of aryl methyl sites for hydroxylation is 2. The second-order valence-electron chi connectivity index (χ2n) is 8.44. The van der Waals surface area contributed by atoms with Crippen LogP contribution in [0.15, 0.2) is 53.2 Å². The molecule has 2 aromatic carbocycles. The molecule has 0 aromatic heterocycles. The summed E-state index contributed by atoms with van der Waals surface area (Å²) in [6.45, 7) is 3.84. The molecule has 6 nitrogen and oxygen atoms in total. The van der Waals surface area contributed by atoms with Crippen molar-refractivity contribution < 1.29 is 14.4 Å². The summed E-state index contributed by atoms with van der Waals surface area (Å²) in [6.07, 6.45) is 4.74. The summed E-state index contributed by atoms with van der Waals surface area (Å²) in [7, 11) is 0. The largest absolute Gasteiger partial charge is 0.349 e. The molecule has 1 aliphatic heterocycles. The molecule has 0 spiro atoms. The van der Waals surface area contributed by atoms with E-state index < -0.39 is 11.8 Å². The number of hydrogen-bond donors (Lipinski definition) is 2. The third-order valence-electron chi connectivity index (χ3n) is 6.07. The molecule has 3 amide bonds. The molecular weight excluding hydrogens is 426 g/mol. The molecule has 1 heterocycles. The fourth-order valence-corrected chi connectivity index (χ4v) is 4.39. The predicted molar refractivity (Wildman–Crippen MR) is 126 cm³/mol. The highest BCUT2D eigenvalue weighted by molar-refractivity contribution is 6.48. The molecule has 1 aliphatic carbocycles. The van der Waals surface area contributed by atoms with Gasteiger partial charge in [-0.1, -0.05) is 54.6 Å². The van der Waals surface area contributed by atoms with Gasteiger partial charge in [0.05, 0.1) is 0 Å². The zero-order chi connectivity index (χ0) is 22.8. The Balaban J connectivity index is 1.53. The number of nitrogens with one attached hydrogen (secondary N) is 2. The number of carbonyl (C=O) groups excluding carboxylic acids is 3. The molecule has 4 rings (SSSR count). The first-order chi connectivity index (χ1) is 15.3. The van der Waals surface area contributed by atoms with Gasteiger partial charge in [-0.2, -0.15) is 0 Å². The molecular formula is C25H26ClN3O3. The topological polar surface area (TPSA) is 78.5 Å². The summed E-state index contributed by atoms with van der Waals surface area (Å²) in [5.41, 5.74) is 3.68. The van der Waals surface area contributed by atoms with E-state index in [0.29, 0.717) is 16.9 Å². The first-order valence-corrected chi connectivity index (χ1v) is 11.3. The Bertz CT molecular complexity index is 1100. The van der Waals surface area contributed by atoms with Gasteiger partial charge in [0.15, 0.2) is 0 Å². The van der Waals surface area contributed by atoms with Crippen molar-refractivity contribution in [2.45, 2.75) is 52.0 Å². The SMILES string of the molecule is Cc1ccc(NC(=O)c2ccc(C)c(NC3=C(Cl)C(=O)N(C4CCCCC4)C3=O)c2)cc1. The van der Waals surface area contributed by atoms with E-state index in [-0.39, 0.29) is 22.7 Å². The maximum atomic E-state index is 13.0. The number of rotatable bonds is 5. The summed E-state index contributed by atoms with van der Waals surface area (Å²) in [6, 6.07) is 12.6. The maximum Gasteiger partial charge on any atom is 0.279 e. The van der Waals surface area contributed by atoms with E-state index in [1.54, 1.807) is 18.2 Å². The van der Waals surface area contributed by atoms with Crippen LogP contribution in [0.5, 0.6) is 0 Å². The highest BCUT2D eigenvalue weighted by Gasteiger charge is 2.42. The van der Waals surface area contributed by atoms with Gasteiger partial charge < -0.3 is 10.6 Å². The van der Waals surface area contributed by atoms with Gasteiger partial charge in [-0.3, -0.25) is 19.3 Å². The molecule has 2 N–H and O–H groups in total. The van der Waals surface area contributed by atoms with Crippen LogP contribution in [0.3, 0.4) is 0 Å². The van der Waals surface area contributed by atoms with Gasteiger partial charge in [-0.15, -0.1) is 0 Å². The average molecular weight is 452 g/mol. The Morgan fingerprint density at radius 3 is 2.34 bits per heavy atom. The number of anilines is 2. The van der Waals surface area contributed by atoms with Crippen LogP contribution in [0.2, 0.25) is 0 Å². The Kier molecular flexibility index (Phi) is 6.33. The van der Waals surface area contributed by atoms with Crippen LogP contribution >= 0.6 is 11.6 Å². The minimum Gasteiger partial charge on any atom is -0.349 e. The molecule has 7 heteroatoms. The highest BCUT2D eigenvalue weighted by Crippen LogP contribution is 2.33. The second-order valence-corrected chi connectivity index (χ2v) is 8.81. The van der Waals surface area contributed by atoms with Crippen LogP contribution in [0.1, 0.15) is 53.6 Å². The van der Waals surface area contributed by atoms with Gasteiger partial charge in [0.25, 0.3) is 17.7 Å². The van der Waals surface area contributed by atoms with Gasteiger partial charge >= 0.3 is 0 Å². The maximum absolute atomic E-state index is 13.0. The number of imide groups is 1. The summed E-state index contributed by atoms with van der Waals surface area (Å²) >= 11 is 6.29. The van der Waals surface area contributed by atoms with Crippen LogP contribution in [0, 0.1) is 13.8 Å². The van der Waals surface area contributed by atoms with Crippen molar-refractivity contribution in [1.82, 2.24) is 4.90 Å². The van der Waals surface area contributed by atoms with E-state index in [1.807, 2.05) is 38.1 Å². The van der Waals surface area contributed by atoms with Crippen molar-refractivity contribution in [3.63, 3.8) is 0 Å². The number of amides is 3. The fourth-order valence-electron chi connectivity index (χ4n) is 4.17. The van der Waals surface area contributed by atoms with E-state index in [1.165, 1.54) is 4.90 Å². The van der Waals surface area contributed by atoms with Gasteiger partial charge in [-0.05, 0) is 56.5 Å². The van der Waals surface area contributed by atoms with E-state index in [2.05, 4.69) is 10.6 Å². The zero-order valence-electron chi connectivity index (χ0n) is 18.2. The third-order valence-corrected chi connectivity index (χ3v) is 6.42. The molecule has 0 atom stereocenters. The van der Waals surface area contributed by atoms with Crippen molar-refractivity contribution in [2.24, 2.45) is 0 Å². The molecule has 0 saturated heterocycles. The van der Waals surface area contributed by atoms with Crippen molar-refractivity contribution in [2.75, 3.05) is 10.6 Å². The summed E-state index contributed by atoms with van der Waals surface area (Å²) in [4.78, 5) is 39.8. The third kappa shape index (κ3) is 4.41. The Hall–Kier alpha value is -3.12. The molecule has 0 bridgehead atoms. The lowest BCUT2D eigenvalue weighted by Gasteiger charge is -2.29. The van der Waals surface area contributed by atoms with E-state index >= 15 is 0 Å². The van der Waals surface area contributed by atoms with E-state index in [9.17, 15) is 14.4 Å². The second kappa shape index (κ2) is 9.17. The van der Waals surface area contributed by atoms with Crippen LogP contribution in [-0.4, -0.2) is 28.7 Å². The van der Waals surface area contributed by atoms with Gasteiger partial charge in [0.1, 0.15) is 10.7 Å². The first kappa shape index (κ1) is 22.1. The number of benzene rings is 2. The molecule has 2 aliphatic rings. The molecule has 0 unspecified atom stereocenters. The lowest BCUT2D eigenvalue weighted by atomic mass is 9.94. The molecule has 1 fully saturated rings. The minimum atomic E-state index is -0.447. The minimum absolute atomic E-state index is 0.0708. The van der Waals surface area contributed by atoms with E-state index in [0.717, 1.165) is 43.2 Å². The average Bonchev–Trinajstić information content (AvgIpc) is 3.00. The number of halogens is 1. The quantitative estimate of drug-likeness (QED) is 0.618. The number of nitrogens with zero attached hydrogens (tertiary/aromatic N) is 1. The summed E-state index contributed by atoms with van der Waals surface area (Å²) in [5.74, 6) is -1.12. The molecule has 2 aromatic rings.